The Morgan fingerprint density at radius 2 is 1.88 bits per heavy atom. The van der Waals surface area contributed by atoms with Crippen molar-refractivity contribution in [3.05, 3.63) is 30.1 Å². The monoisotopic (exact) mass is 343 g/mol. The molecule has 0 spiro atoms. The molecule has 1 atom stereocenters. The highest BCUT2D eigenvalue weighted by molar-refractivity contribution is 5.76. The number of hydrogen-bond donors (Lipinski definition) is 2. The van der Waals surface area contributed by atoms with Gasteiger partial charge in [-0.15, -0.1) is 0 Å². The molecule has 1 heterocycles. The fraction of sp³-hybridized carbons (Fsp3) is 0.714. The van der Waals surface area contributed by atoms with Crippen LogP contribution in [0.2, 0.25) is 0 Å². The van der Waals surface area contributed by atoms with E-state index in [1.807, 2.05) is 18.3 Å². The van der Waals surface area contributed by atoms with Crippen LogP contribution in [0.3, 0.4) is 0 Å². The van der Waals surface area contributed by atoms with E-state index in [4.69, 9.17) is 5.73 Å². The van der Waals surface area contributed by atoms with Crippen LogP contribution in [0.1, 0.15) is 75.9 Å². The normalized spacial score (nSPS) is 25.6. The summed E-state index contributed by atoms with van der Waals surface area (Å²) in [5.74, 6) is 2.09. The summed E-state index contributed by atoms with van der Waals surface area (Å²) >= 11 is 0. The van der Waals surface area contributed by atoms with Crippen LogP contribution in [0.25, 0.3) is 0 Å². The standard InChI is InChI=1S/C21H33N3O/c22-15-17-8-11-18(12-9-17)21(19-7-3-4-14-23-19)24-20(25)13-10-16-5-1-2-6-16/h3-4,7,14,16-18,21H,1-2,5-6,8-13,15,22H2,(H,24,25)/t17?,18?,21-/m1/s1. The van der Waals surface area contributed by atoms with E-state index >= 15 is 0 Å². The van der Waals surface area contributed by atoms with Crippen molar-refractivity contribution in [3.63, 3.8) is 0 Å². The molecule has 3 rings (SSSR count). The second kappa shape index (κ2) is 9.33. The second-order valence-corrected chi connectivity index (χ2v) is 8.01. The lowest BCUT2D eigenvalue weighted by molar-refractivity contribution is -0.122. The Kier molecular flexibility index (Phi) is 6.85. The lowest BCUT2D eigenvalue weighted by atomic mass is 9.77. The van der Waals surface area contributed by atoms with Gasteiger partial charge in [0.2, 0.25) is 5.91 Å². The molecule has 2 aliphatic rings. The molecule has 25 heavy (non-hydrogen) atoms. The van der Waals surface area contributed by atoms with Crippen LogP contribution >= 0.6 is 0 Å². The molecule has 0 bridgehead atoms. The van der Waals surface area contributed by atoms with Crippen LogP contribution in [0, 0.1) is 17.8 Å². The van der Waals surface area contributed by atoms with Crippen molar-refractivity contribution >= 4 is 5.91 Å². The van der Waals surface area contributed by atoms with Gasteiger partial charge in [-0.05, 0) is 68.5 Å². The van der Waals surface area contributed by atoms with Crippen LogP contribution in [0.5, 0.6) is 0 Å². The molecule has 0 radical (unpaired) electrons. The van der Waals surface area contributed by atoms with Gasteiger partial charge in [-0.3, -0.25) is 9.78 Å². The first-order valence-corrected chi connectivity index (χ1v) is 10.2. The van der Waals surface area contributed by atoms with Crippen molar-refractivity contribution in [1.29, 1.82) is 0 Å². The summed E-state index contributed by atoms with van der Waals surface area (Å²) in [4.78, 5) is 17.1. The van der Waals surface area contributed by atoms with Crippen molar-refractivity contribution < 1.29 is 4.79 Å². The summed E-state index contributed by atoms with van der Waals surface area (Å²) < 4.78 is 0. The van der Waals surface area contributed by atoms with E-state index in [1.165, 1.54) is 38.5 Å². The van der Waals surface area contributed by atoms with Gasteiger partial charge in [0, 0.05) is 12.6 Å². The molecule has 2 aliphatic carbocycles. The number of pyridine rings is 1. The Bertz CT molecular complexity index is 519. The number of aromatic nitrogens is 1. The van der Waals surface area contributed by atoms with Gasteiger partial charge in [0.15, 0.2) is 0 Å². The highest BCUT2D eigenvalue weighted by atomic mass is 16.1. The van der Waals surface area contributed by atoms with Crippen molar-refractivity contribution in [1.82, 2.24) is 10.3 Å². The number of nitrogens with zero attached hydrogens (tertiary/aromatic N) is 1. The molecule has 3 N–H and O–H groups in total. The fourth-order valence-electron chi connectivity index (χ4n) is 4.63. The van der Waals surface area contributed by atoms with Gasteiger partial charge < -0.3 is 11.1 Å². The molecule has 138 valence electrons. The Morgan fingerprint density at radius 1 is 1.12 bits per heavy atom. The maximum atomic E-state index is 12.6. The molecule has 0 unspecified atom stereocenters. The molecule has 0 aliphatic heterocycles. The molecule has 4 nitrogen and oxygen atoms in total. The van der Waals surface area contributed by atoms with Gasteiger partial charge in [0.1, 0.15) is 0 Å². The maximum Gasteiger partial charge on any atom is 0.220 e. The minimum absolute atomic E-state index is 0.0519. The average Bonchev–Trinajstić information content (AvgIpc) is 3.19. The van der Waals surface area contributed by atoms with Crippen LogP contribution in [0.15, 0.2) is 24.4 Å². The highest BCUT2D eigenvalue weighted by Gasteiger charge is 2.30. The van der Waals surface area contributed by atoms with E-state index in [-0.39, 0.29) is 11.9 Å². The largest absolute Gasteiger partial charge is 0.347 e. The SMILES string of the molecule is NCC1CCC([C@@H](NC(=O)CCC2CCCC2)c2ccccn2)CC1. The Labute approximate surface area is 152 Å². The van der Waals surface area contributed by atoms with Crippen molar-refractivity contribution in [2.45, 2.75) is 70.3 Å². The lowest BCUT2D eigenvalue weighted by Crippen LogP contribution is -2.36. The third-order valence-corrected chi connectivity index (χ3v) is 6.27. The molecule has 1 aromatic rings. The van der Waals surface area contributed by atoms with Crippen molar-refractivity contribution in [2.24, 2.45) is 23.5 Å². The Hall–Kier alpha value is -1.42. The third kappa shape index (κ3) is 5.27. The van der Waals surface area contributed by atoms with Gasteiger partial charge in [0.25, 0.3) is 0 Å². The molecule has 2 fully saturated rings. The third-order valence-electron chi connectivity index (χ3n) is 6.27. The van der Waals surface area contributed by atoms with Crippen LogP contribution in [-0.2, 0) is 4.79 Å². The molecule has 1 aromatic heterocycles. The smallest absolute Gasteiger partial charge is 0.220 e. The minimum Gasteiger partial charge on any atom is -0.347 e. The number of carbonyl (C=O) groups excluding carboxylic acids is 1. The van der Waals surface area contributed by atoms with Gasteiger partial charge in [-0.1, -0.05) is 31.7 Å². The van der Waals surface area contributed by atoms with E-state index in [1.54, 1.807) is 0 Å². The lowest BCUT2D eigenvalue weighted by Gasteiger charge is -2.33. The van der Waals surface area contributed by atoms with Crippen molar-refractivity contribution in [2.75, 3.05) is 6.54 Å². The van der Waals surface area contributed by atoms with Gasteiger partial charge in [0.05, 0.1) is 11.7 Å². The van der Waals surface area contributed by atoms with E-state index in [9.17, 15) is 4.79 Å². The van der Waals surface area contributed by atoms with Crippen LogP contribution in [0.4, 0.5) is 0 Å². The predicted molar refractivity (Wildman–Crippen MR) is 101 cm³/mol. The van der Waals surface area contributed by atoms with Crippen molar-refractivity contribution in [3.8, 4) is 0 Å². The molecule has 4 heteroatoms. The number of hydrogen-bond acceptors (Lipinski definition) is 3. The summed E-state index contributed by atoms with van der Waals surface area (Å²) in [6.45, 7) is 0.786. The molecular formula is C21H33N3O. The van der Waals surface area contributed by atoms with Crippen LogP contribution < -0.4 is 11.1 Å². The number of amides is 1. The van der Waals surface area contributed by atoms with Crippen LogP contribution in [-0.4, -0.2) is 17.4 Å². The zero-order valence-corrected chi connectivity index (χ0v) is 15.3. The predicted octanol–water partition coefficient (Wildman–Crippen LogP) is 3.97. The molecule has 0 aromatic carbocycles. The summed E-state index contributed by atoms with van der Waals surface area (Å²) in [7, 11) is 0. The second-order valence-electron chi connectivity index (χ2n) is 8.01. The van der Waals surface area contributed by atoms with Gasteiger partial charge >= 0.3 is 0 Å². The first kappa shape index (κ1) is 18.4. The molecule has 2 saturated carbocycles. The summed E-state index contributed by atoms with van der Waals surface area (Å²) in [6.07, 6.45) is 13.4. The maximum absolute atomic E-state index is 12.6. The summed E-state index contributed by atoms with van der Waals surface area (Å²) in [5.41, 5.74) is 6.84. The average molecular weight is 344 g/mol. The first-order chi connectivity index (χ1) is 12.3. The number of nitrogens with two attached hydrogens (primary N) is 1. The molecule has 0 saturated heterocycles. The number of carbonyl (C=O) groups is 1. The van der Waals surface area contributed by atoms with Gasteiger partial charge in [-0.25, -0.2) is 0 Å². The number of nitrogens with one attached hydrogen (secondary N) is 1. The zero-order chi connectivity index (χ0) is 17.5. The van der Waals surface area contributed by atoms with E-state index < -0.39 is 0 Å². The van der Waals surface area contributed by atoms with Gasteiger partial charge in [-0.2, -0.15) is 0 Å². The quantitative estimate of drug-likeness (QED) is 0.787. The number of rotatable bonds is 7. The molecular weight excluding hydrogens is 310 g/mol. The summed E-state index contributed by atoms with van der Waals surface area (Å²) in [5, 5.41) is 3.33. The Morgan fingerprint density at radius 3 is 2.52 bits per heavy atom. The highest BCUT2D eigenvalue weighted by Crippen LogP contribution is 2.36. The van der Waals surface area contributed by atoms with E-state index in [2.05, 4.69) is 16.4 Å². The first-order valence-electron chi connectivity index (χ1n) is 10.2. The summed E-state index contributed by atoms with van der Waals surface area (Å²) in [6, 6.07) is 6.06. The van der Waals surface area contributed by atoms with E-state index in [0.717, 1.165) is 37.4 Å². The zero-order valence-electron chi connectivity index (χ0n) is 15.3. The minimum atomic E-state index is 0.0519. The topological polar surface area (TPSA) is 68.0 Å². The fourth-order valence-corrected chi connectivity index (χ4v) is 4.63. The van der Waals surface area contributed by atoms with E-state index in [0.29, 0.717) is 18.3 Å². The molecule has 1 amide bonds. The Balaban J connectivity index is 1.59.